The summed E-state index contributed by atoms with van der Waals surface area (Å²) in [5.74, 6) is 1.50. The van der Waals surface area contributed by atoms with Crippen LogP contribution in [-0.4, -0.2) is 48.5 Å². The fourth-order valence-corrected chi connectivity index (χ4v) is 4.93. The molecule has 2 fully saturated rings. The van der Waals surface area contributed by atoms with Crippen LogP contribution in [0.1, 0.15) is 49.7 Å². The van der Waals surface area contributed by atoms with Gasteiger partial charge in [-0.05, 0) is 49.4 Å². The highest BCUT2D eigenvalue weighted by Crippen LogP contribution is 2.38. The number of methoxy groups -OCH3 is 1. The molecule has 1 N–H and O–H groups in total. The maximum absolute atomic E-state index is 12.7. The smallest absolute Gasteiger partial charge is 0.317 e. The van der Waals surface area contributed by atoms with Gasteiger partial charge in [0.05, 0.1) is 25.5 Å². The van der Waals surface area contributed by atoms with Crippen molar-refractivity contribution in [3.8, 4) is 11.5 Å². The van der Waals surface area contributed by atoms with E-state index in [9.17, 15) is 4.79 Å². The van der Waals surface area contributed by atoms with Crippen LogP contribution in [0.3, 0.4) is 0 Å². The Bertz CT molecular complexity index is 1020. The lowest BCUT2D eigenvalue weighted by molar-refractivity contribution is -0.00764. The fraction of sp³-hybridized carbons (Fsp3) is 0.462. The average Bonchev–Trinajstić information content (AvgIpc) is 3.61. The Morgan fingerprint density at radius 2 is 2.00 bits per heavy atom. The molecule has 7 heteroatoms. The first-order valence-electron chi connectivity index (χ1n) is 11.8. The van der Waals surface area contributed by atoms with E-state index in [-0.39, 0.29) is 12.1 Å². The van der Waals surface area contributed by atoms with Gasteiger partial charge in [-0.15, -0.1) is 0 Å². The van der Waals surface area contributed by atoms with Crippen molar-refractivity contribution in [1.82, 2.24) is 10.2 Å². The zero-order valence-electron chi connectivity index (χ0n) is 19.1. The van der Waals surface area contributed by atoms with Gasteiger partial charge >= 0.3 is 6.03 Å². The summed E-state index contributed by atoms with van der Waals surface area (Å²) >= 11 is 0. The lowest BCUT2D eigenvalue weighted by atomic mass is 9.93. The Morgan fingerprint density at radius 1 is 1.18 bits per heavy atom. The Kier molecular flexibility index (Phi) is 6.11. The molecule has 3 aliphatic rings. The summed E-state index contributed by atoms with van der Waals surface area (Å²) in [7, 11) is 1.66. The van der Waals surface area contributed by atoms with Gasteiger partial charge in [-0.1, -0.05) is 35.5 Å². The number of nitrogens with one attached hydrogen (secondary N) is 1. The van der Waals surface area contributed by atoms with Gasteiger partial charge in [0.1, 0.15) is 0 Å². The monoisotopic (exact) mass is 449 g/mol. The van der Waals surface area contributed by atoms with Crippen LogP contribution in [0.4, 0.5) is 4.79 Å². The van der Waals surface area contributed by atoms with E-state index < -0.39 is 5.60 Å². The van der Waals surface area contributed by atoms with E-state index >= 15 is 0 Å². The number of ether oxygens (including phenoxy) is 2. The topological polar surface area (TPSA) is 72.4 Å². The number of urea groups is 1. The van der Waals surface area contributed by atoms with Crippen molar-refractivity contribution in [3.63, 3.8) is 0 Å². The number of nitrogens with zero attached hydrogens (tertiary/aromatic N) is 2. The first-order valence-corrected chi connectivity index (χ1v) is 11.8. The molecule has 2 aliphatic heterocycles. The van der Waals surface area contributed by atoms with Gasteiger partial charge < -0.3 is 24.5 Å². The molecular weight excluding hydrogens is 418 g/mol. The Balaban J connectivity index is 1.20. The molecule has 2 heterocycles. The van der Waals surface area contributed by atoms with Gasteiger partial charge in [0.15, 0.2) is 17.1 Å². The van der Waals surface area contributed by atoms with E-state index in [2.05, 4.69) is 10.5 Å². The third kappa shape index (κ3) is 4.77. The Morgan fingerprint density at radius 3 is 2.79 bits per heavy atom. The highest BCUT2D eigenvalue weighted by Gasteiger charge is 2.46. The van der Waals surface area contributed by atoms with E-state index in [1.165, 1.54) is 12.8 Å². The molecule has 1 aliphatic carbocycles. The molecule has 1 saturated carbocycles. The highest BCUT2D eigenvalue weighted by atomic mass is 16.7. The number of oxime groups is 1. The Labute approximate surface area is 194 Å². The minimum Gasteiger partial charge on any atom is -0.493 e. The molecule has 2 aromatic carbocycles. The second kappa shape index (κ2) is 9.33. The molecule has 5 rings (SSSR count). The minimum absolute atomic E-state index is 0.0653. The number of benzene rings is 2. The van der Waals surface area contributed by atoms with E-state index in [4.69, 9.17) is 14.3 Å². The zero-order valence-corrected chi connectivity index (χ0v) is 19.1. The lowest BCUT2D eigenvalue weighted by Gasteiger charge is -2.22. The molecule has 2 amide bonds. The van der Waals surface area contributed by atoms with Crippen molar-refractivity contribution < 1.29 is 19.1 Å². The van der Waals surface area contributed by atoms with Crippen LogP contribution < -0.4 is 14.8 Å². The summed E-state index contributed by atoms with van der Waals surface area (Å²) in [5, 5.41) is 7.43. The summed E-state index contributed by atoms with van der Waals surface area (Å²) in [6, 6.07) is 15.8. The van der Waals surface area contributed by atoms with Crippen LogP contribution >= 0.6 is 0 Å². The average molecular weight is 450 g/mol. The molecule has 1 saturated heterocycles. The third-order valence-corrected chi connectivity index (χ3v) is 6.82. The first-order chi connectivity index (χ1) is 16.1. The molecule has 2 aromatic rings. The van der Waals surface area contributed by atoms with Gasteiger partial charge in [0.2, 0.25) is 0 Å². The number of hydrogen-bond donors (Lipinski definition) is 1. The van der Waals surface area contributed by atoms with Crippen LogP contribution in [0.25, 0.3) is 0 Å². The van der Waals surface area contributed by atoms with Crippen LogP contribution in [0.2, 0.25) is 0 Å². The molecule has 0 bridgehead atoms. The molecule has 0 radical (unpaired) electrons. The van der Waals surface area contributed by atoms with Gasteiger partial charge in [-0.2, -0.15) is 0 Å². The van der Waals surface area contributed by atoms with Crippen LogP contribution in [-0.2, 0) is 11.4 Å². The first kappa shape index (κ1) is 21.6. The lowest BCUT2D eigenvalue weighted by Crippen LogP contribution is -2.41. The minimum atomic E-state index is -0.453. The molecule has 1 spiro atoms. The number of carbonyl (C=O) groups excluding carboxylic acids is 1. The SMILES string of the molecule is COc1ccc(C2=NOC3(CCN(C(=O)NCc4ccccc4)C3)C2)cc1OC1CCCC1. The quantitative estimate of drug-likeness (QED) is 0.705. The molecule has 33 heavy (non-hydrogen) atoms. The zero-order chi connectivity index (χ0) is 22.7. The standard InChI is InChI=1S/C26H31N3O4/c1-31-23-12-11-20(15-24(23)32-21-9-5-6-10-21)22-16-26(33-28-22)13-14-29(18-26)25(30)27-17-19-7-3-2-4-8-19/h2-4,7-8,11-12,15,21H,5-6,9-10,13-14,16-18H2,1H3,(H,27,30). The largest absolute Gasteiger partial charge is 0.493 e. The van der Waals surface area contributed by atoms with Crippen molar-refractivity contribution in [2.45, 2.75) is 56.8 Å². The molecule has 1 unspecified atom stereocenters. The summed E-state index contributed by atoms with van der Waals surface area (Å²) in [6.45, 7) is 1.70. The number of rotatable bonds is 6. The van der Waals surface area contributed by atoms with Crippen LogP contribution in [0.5, 0.6) is 11.5 Å². The van der Waals surface area contributed by atoms with Crippen molar-refractivity contribution >= 4 is 11.7 Å². The molecule has 7 nitrogen and oxygen atoms in total. The van der Waals surface area contributed by atoms with E-state index in [1.54, 1.807) is 7.11 Å². The number of carbonyl (C=O) groups is 1. The maximum Gasteiger partial charge on any atom is 0.317 e. The number of hydrogen-bond acceptors (Lipinski definition) is 5. The number of amides is 2. The Hall–Kier alpha value is -3.22. The van der Waals surface area contributed by atoms with Crippen molar-refractivity contribution in [3.05, 3.63) is 59.7 Å². The van der Waals surface area contributed by atoms with Gasteiger partial charge in [-0.3, -0.25) is 0 Å². The van der Waals surface area contributed by atoms with E-state index in [0.29, 0.717) is 26.1 Å². The predicted molar refractivity (Wildman–Crippen MR) is 126 cm³/mol. The molecule has 174 valence electrons. The van der Waals surface area contributed by atoms with Gasteiger partial charge in [0, 0.05) is 31.5 Å². The molecule has 1 atom stereocenters. The van der Waals surface area contributed by atoms with Crippen LogP contribution in [0, 0.1) is 0 Å². The number of likely N-dealkylation sites (tertiary alicyclic amines) is 1. The van der Waals surface area contributed by atoms with Crippen molar-refractivity contribution in [1.29, 1.82) is 0 Å². The van der Waals surface area contributed by atoms with Gasteiger partial charge in [0.25, 0.3) is 0 Å². The third-order valence-electron chi connectivity index (χ3n) is 6.82. The summed E-state index contributed by atoms with van der Waals surface area (Å²) in [4.78, 5) is 20.4. The van der Waals surface area contributed by atoms with Crippen LogP contribution in [0.15, 0.2) is 53.7 Å². The normalized spacial score (nSPS) is 22.3. The second-order valence-electron chi connectivity index (χ2n) is 9.19. The fourth-order valence-electron chi connectivity index (χ4n) is 4.93. The maximum atomic E-state index is 12.7. The highest BCUT2D eigenvalue weighted by molar-refractivity contribution is 6.02. The second-order valence-corrected chi connectivity index (χ2v) is 9.19. The molecule has 0 aromatic heterocycles. The summed E-state index contributed by atoms with van der Waals surface area (Å²) in [5.41, 5.74) is 2.50. The van der Waals surface area contributed by atoms with E-state index in [1.807, 2.05) is 53.4 Å². The summed E-state index contributed by atoms with van der Waals surface area (Å²) < 4.78 is 11.8. The van der Waals surface area contributed by atoms with E-state index in [0.717, 1.165) is 47.6 Å². The van der Waals surface area contributed by atoms with Crippen molar-refractivity contribution in [2.75, 3.05) is 20.2 Å². The van der Waals surface area contributed by atoms with Crippen molar-refractivity contribution in [2.24, 2.45) is 5.16 Å². The van der Waals surface area contributed by atoms with Gasteiger partial charge in [-0.25, -0.2) is 4.79 Å². The molecular formula is C26H31N3O4. The summed E-state index contributed by atoms with van der Waals surface area (Å²) in [6.07, 6.45) is 6.28. The predicted octanol–water partition coefficient (Wildman–Crippen LogP) is 4.50.